The third kappa shape index (κ3) is 3.47. The summed E-state index contributed by atoms with van der Waals surface area (Å²) in [5.41, 5.74) is 2.35. The number of rotatable bonds is 4. The SMILES string of the molecule is Cc1[nH]nc(NC(=O)CN(C)C(=O)c2ccccc2)c1C. The van der Waals surface area contributed by atoms with E-state index in [0.29, 0.717) is 11.4 Å². The predicted molar refractivity (Wildman–Crippen MR) is 80.1 cm³/mol. The molecule has 0 bridgehead atoms. The first kappa shape index (κ1) is 14.8. The number of aromatic amines is 1. The summed E-state index contributed by atoms with van der Waals surface area (Å²) < 4.78 is 0. The van der Waals surface area contributed by atoms with Crippen molar-refractivity contribution >= 4 is 17.6 Å². The van der Waals surface area contributed by atoms with Gasteiger partial charge in [-0.25, -0.2) is 0 Å². The van der Waals surface area contributed by atoms with E-state index < -0.39 is 0 Å². The molecule has 2 rings (SSSR count). The van der Waals surface area contributed by atoms with Crippen molar-refractivity contribution in [3.05, 3.63) is 47.2 Å². The van der Waals surface area contributed by atoms with E-state index in [4.69, 9.17) is 0 Å². The van der Waals surface area contributed by atoms with E-state index in [9.17, 15) is 9.59 Å². The normalized spacial score (nSPS) is 10.2. The minimum absolute atomic E-state index is 0.0287. The first-order valence-electron chi connectivity index (χ1n) is 6.61. The number of carbonyl (C=O) groups excluding carboxylic acids is 2. The summed E-state index contributed by atoms with van der Waals surface area (Å²) in [6.07, 6.45) is 0. The number of hydrogen-bond donors (Lipinski definition) is 2. The van der Waals surface area contributed by atoms with Crippen molar-refractivity contribution in [2.75, 3.05) is 18.9 Å². The highest BCUT2D eigenvalue weighted by Crippen LogP contribution is 2.13. The molecule has 0 radical (unpaired) electrons. The van der Waals surface area contributed by atoms with Gasteiger partial charge in [0.05, 0.1) is 6.54 Å². The molecule has 1 aromatic heterocycles. The molecule has 0 aliphatic heterocycles. The van der Waals surface area contributed by atoms with Gasteiger partial charge in [0.1, 0.15) is 0 Å². The average Bonchev–Trinajstić information content (AvgIpc) is 2.79. The summed E-state index contributed by atoms with van der Waals surface area (Å²) in [5, 5.41) is 9.50. The molecule has 0 saturated heterocycles. The van der Waals surface area contributed by atoms with Gasteiger partial charge < -0.3 is 10.2 Å². The van der Waals surface area contributed by atoms with E-state index in [2.05, 4.69) is 15.5 Å². The van der Waals surface area contributed by atoms with Gasteiger partial charge >= 0.3 is 0 Å². The van der Waals surface area contributed by atoms with Crippen molar-refractivity contribution in [1.29, 1.82) is 0 Å². The molecule has 0 atom stereocenters. The summed E-state index contributed by atoms with van der Waals surface area (Å²) in [5.74, 6) is 0.0233. The fraction of sp³-hybridized carbons (Fsp3) is 0.267. The largest absolute Gasteiger partial charge is 0.332 e. The van der Waals surface area contributed by atoms with E-state index in [1.807, 2.05) is 19.9 Å². The van der Waals surface area contributed by atoms with Crippen molar-refractivity contribution in [1.82, 2.24) is 15.1 Å². The molecule has 1 heterocycles. The van der Waals surface area contributed by atoms with Crippen LogP contribution in [0.15, 0.2) is 30.3 Å². The highest BCUT2D eigenvalue weighted by Gasteiger charge is 2.16. The second kappa shape index (κ2) is 6.21. The Labute approximate surface area is 123 Å². The Kier molecular flexibility index (Phi) is 4.37. The van der Waals surface area contributed by atoms with Gasteiger partial charge in [-0.15, -0.1) is 0 Å². The predicted octanol–water partition coefficient (Wildman–Crippen LogP) is 1.74. The molecule has 2 aromatic rings. The quantitative estimate of drug-likeness (QED) is 0.898. The first-order chi connectivity index (χ1) is 9.99. The number of carbonyl (C=O) groups is 2. The molecular weight excluding hydrogens is 268 g/mol. The number of hydrogen-bond acceptors (Lipinski definition) is 3. The van der Waals surface area contributed by atoms with Crippen LogP contribution in [0.1, 0.15) is 21.6 Å². The molecular formula is C15H18N4O2. The lowest BCUT2D eigenvalue weighted by Gasteiger charge is -2.16. The molecule has 0 unspecified atom stereocenters. The molecule has 6 nitrogen and oxygen atoms in total. The number of nitrogens with one attached hydrogen (secondary N) is 2. The zero-order chi connectivity index (χ0) is 15.4. The Bertz CT molecular complexity index is 649. The van der Waals surface area contributed by atoms with E-state index in [0.717, 1.165) is 11.3 Å². The van der Waals surface area contributed by atoms with Crippen molar-refractivity contribution in [2.24, 2.45) is 0 Å². The summed E-state index contributed by atoms with van der Waals surface area (Å²) in [6.45, 7) is 3.72. The maximum absolute atomic E-state index is 12.1. The van der Waals surface area contributed by atoms with Gasteiger partial charge in [0.2, 0.25) is 5.91 Å². The van der Waals surface area contributed by atoms with Crippen LogP contribution in [0.5, 0.6) is 0 Å². The van der Waals surface area contributed by atoms with Crippen LogP contribution >= 0.6 is 0 Å². The topological polar surface area (TPSA) is 78.1 Å². The van der Waals surface area contributed by atoms with E-state index in [1.54, 1.807) is 31.3 Å². The van der Waals surface area contributed by atoms with Crippen molar-refractivity contribution in [2.45, 2.75) is 13.8 Å². The van der Waals surface area contributed by atoms with Crippen LogP contribution in [0.3, 0.4) is 0 Å². The summed E-state index contributed by atoms with van der Waals surface area (Å²) >= 11 is 0. The third-order valence-corrected chi connectivity index (χ3v) is 3.26. The number of likely N-dealkylation sites (N-methyl/N-ethyl adjacent to an activating group) is 1. The Balaban J connectivity index is 1.96. The molecule has 21 heavy (non-hydrogen) atoms. The Morgan fingerprint density at radius 1 is 1.24 bits per heavy atom. The number of aromatic nitrogens is 2. The molecule has 6 heteroatoms. The van der Waals surface area contributed by atoms with Crippen LogP contribution in [0.25, 0.3) is 0 Å². The van der Waals surface area contributed by atoms with Crippen molar-refractivity contribution in [3.8, 4) is 0 Å². The van der Waals surface area contributed by atoms with Crippen molar-refractivity contribution < 1.29 is 9.59 Å². The Morgan fingerprint density at radius 3 is 2.48 bits per heavy atom. The summed E-state index contributed by atoms with van der Waals surface area (Å²) in [4.78, 5) is 25.5. The lowest BCUT2D eigenvalue weighted by molar-refractivity contribution is -0.116. The highest BCUT2D eigenvalue weighted by molar-refractivity contribution is 5.99. The maximum Gasteiger partial charge on any atom is 0.254 e. The second-order valence-electron chi connectivity index (χ2n) is 4.90. The van der Waals surface area contributed by atoms with Crippen LogP contribution in [0, 0.1) is 13.8 Å². The van der Waals surface area contributed by atoms with Crippen LogP contribution in [0.2, 0.25) is 0 Å². The second-order valence-corrected chi connectivity index (χ2v) is 4.90. The average molecular weight is 286 g/mol. The van der Waals surface area contributed by atoms with Crippen molar-refractivity contribution in [3.63, 3.8) is 0 Å². The molecule has 0 aliphatic rings. The van der Waals surface area contributed by atoms with Gasteiger partial charge in [0.25, 0.3) is 5.91 Å². The van der Waals surface area contributed by atoms with E-state index in [-0.39, 0.29) is 18.4 Å². The molecule has 0 fully saturated rings. The molecule has 2 amide bonds. The third-order valence-electron chi connectivity index (χ3n) is 3.26. The molecule has 2 N–H and O–H groups in total. The molecule has 0 saturated carbocycles. The zero-order valence-corrected chi connectivity index (χ0v) is 12.3. The monoisotopic (exact) mass is 286 g/mol. The number of H-pyrrole nitrogens is 1. The van der Waals surface area contributed by atoms with Gasteiger partial charge in [-0.1, -0.05) is 18.2 Å². The maximum atomic E-state index is 12.1. The number of aryl methyl sites for hydroxylation is 1. The van der Waals surface area contributed by atoms with E-state index in [1.165, 1.54) is 4.90 Å². The minimum atomic E-state index is -0.281. The first-order valence-corrected chi connectivity index (χ1v) is 6.61. The summed E-state index contributed by atoms with van der Waals surface area (Å²) in [7, 11) is 1.59. The zero-order valence-electron chi connectivity index (χ0n) is 12.3. The van der Waals surface area contributed by atoms with Crippen LogP contribution in [-0.2, 0) is 4.79 Å². The number of amides is 2. The number of anilines is 1. The smallest absolute Gasteiger partial charge is 0.254 e. The Morgan fingerprint density at radius 2 is 1.90 bits per heavy atom. The number of benzene rings is 1. The summed E-state index contributed by atoms with van der Waals surface area (Å²) in [6, 6.07) is 8.86. The van der Waals surface area contributed by atoms with Gasteiger partial charge in [-0.2, -0.15) is 5.10 Å². The van der Waals surface area contributed by atoms with Gasteiger partial charge in [-0.05, 0) is 26.0 Å². The van der Waals surface area contributed by atoms with E-state index >= 15 is 0 Å². The minimum Gasteiger partial charge on any atom is -0.332 e. The fourth-order valence-electron chi connectivity index (χ4n) is 1.87. The molecule has 0 aliphatic carbocycles. The highest BCUT2D eigenvalue weighted by atomic mass is 16.2. The molecule has 0 spiro atoms. The van der Waals surface area contributed by atoms with Crippen LogP contribution in [0.4, 0.5) is 5.82 Å². The Hall–Kier alpha value is -2.63. The molecule has 1 aromatic carbocycles. The fourth-order valence-corrected chi connectivity index (χ4v) is 1.87. The number of nitrogens with zero attached hydrogens (tertiary/aromatic N) is 2. The lowest BCUT2D eigenvalue weighted by Crippen LogP contribution is -2.35. The van der Waals surface area contributed by atoms with Gasteiger partial charge in [-0.3, -0.25) is 14.7 Å². The van der Waals surface area contributed by atoms with Gasteiger partial charge in [0.15, 0.2) is 5.82 Å². The van der Waals surface area contributed by atoms with Crippen LogP contribution < -0.4 is 5.32 Å². The van der Waals surface area contributed by atoms with Crippen LogP contribution in [-0.4, -0.2) is 40.5 Å². The standard InChI is InChI=1S/C15H18N4O2/c1-10-11(2)17-18-14(10)16-13(20)9-19(3)15(21)12-7-5-4-6-8-12/h4-8H,9H2,1-3H3,(H2,16,17,18,20). The molecule has 110 valence electrons. The van der Waals surface area contributed by atoms with Gasteiger partial charge in [0, 0.05) is 23.9 Å². The lowest BCUT2D eigenvalue weighted by atomic mass is 10.2.